The molecular weight excluding hydrogens is 295 g/mol. The van der Waals surface area contributed by atoms with E-state index in [1.54, 1.807) is 13.2 Å². The largest absolute Gasteiger partial charge is 0.380 e. The van der Waals surface area contributed by atoms with E-state index in [9.17, 15) is 0 Å². The molecule has 0 radical (unpaired) electrons. The fourth-order valence-electron chi connectivity index (χ4n) is 2.02. The Morgan fingerprint density at radius 2 is 1.90 bits per heavy atom. The van der Waals surface area contributed by atoms with E-state index in [0.717, 1.165) is 16.8 Å². The Hall–Kier alpha value is -1.29. The van der Waals surface area contributed by atoms with Gasteiger partial charge in [0.25, 0.3) is 0 Å². The molecule has 0 amide bonds. The summed E-state index contributed by atoms with van der Waals surface area (Å²) in [6, 6.07) is 9.91. The normalized spacial score (nSPS) is 10.6. The van der Waals surface area contributed by atoms with Gasteiger partial charge in [-0.2, -0.15) is 0 Å². The van der Waals surface area contributed by atoms with E-state index in [0.29, 0.717) is 23.5 Å². The van der Waals surface area contributed by atoms with Gasteiger partial charge in [0.05, 0.1) is 12.3 Å². The van der Waals surface area contributed by atoms with E-state index in [1.807, 2.05) is 19.1 Å². The van der Waals surface area contributed by atoms with Crippen LogP contribution >= 0.6 is 23.2 Å². The van der Waals surface area contributed by atoms with Gasteiger partial charge in [-0.3, -0.25) is 0 Å². The number of aryl methyl sites for hydroxylation is 1. The van der Waals surface area contributed by atoms with E-state index in [2.05, 4.69) is 22.4 Å². The van der Waals surface area contributed by atoms with E-state index in [1.165, 1.54) is 5.56 Å². The van der Waals surface area contributed by atoms with Crippen LogP contribution in [0.1, 0.15) is 16.7 Å². The Labute approximate surface area is 128 Å². The van der Waals surface area contributed by atoms with Crippen molar-refractivity contribution in [3.05, 3.63) is 57.3 Å². The molecule has 0 unspecified atom stereocenters. The minimum atomic E-state index is 0.388. The first-order valence-corrected chi connectivity index (χ1v) is 6.99. The maximum absolute atomic E-state index is 6.12. The van der Waals surface area contributed by atoms with Crippen LogP contribution in [0.5, 0.6) is 0 Å². The molecule has 1 aromatic carbocycles. The first kappa shape index (κ1) is 15.1. The van der Waals surface area contributed by atoms with Crippen molar-refractivity contribution in [2.75, 3.05) is 12.4 Å². The minimum Gasteiger partial charge on any atom is -0.380 e. The number of aromatic nitrogens is 1. The number of benzene rings is 1. The highest BCUT2D eigenvalue weighted by Crippen LogP contribution is 2.27. The second-order valence-electron chi connectivity index (χ2n) is 4.48. The molecule has 1 N–H and O–H groups in total. The highest BCUT2D eigenvalue weighted by atomic mass is 35.5. The number of nitrogens with zero attached hydrogens (tertiary/aromatic N) is 1. The Morgan fingerprint density at radius 1 is 1.20 bits per heavy atom. The van der Waals surface area contributed by atoms with Crippen LogP contribution in [-0.2, 0) is 17.9 Å². The topological polar surface area (TPSA) is 34.1 Å². The highest BCUT2D eigenvalue weighted by Gasteiger charge is 2.08. The number of halogens is 2. The minimum absolute atomic E-state index is 0.388. The summed E-state index contributed by atoms with van der Waals surface area (Å²) in [5, 5.41) is 4.10. The molecule has 3 nitrogen and oxygen atoms in total. The summed E-state index contributed by atoms with van der Waals surface area (Å²) in [6.07, 6.45) is 0. The summed E-state index contributed by atoms with van der Waals surface area (Å²) in [5.41, 5.74) is 4.10. The van der Waals surface area contributed by atoms with Crippen molar-refractivity contribution < 1.29 is 4.74 Å². The van der Waals surface area contributed by atoms with Gasteiger partial charge in [0.2, 0.25) is 0 Å². The van der Waals surface area contributed by atoms with Crippen LogP contribution in [0.25, 0.3) is 0 Å². The van der Waals surface area contributed by atoms with Crippen LogP contribution in [0.2, 0.25) is 10.3 Å². The molecule has 20 heavy (non-hydrogen) atoms. The summed E-state index contributed by atoms with van der Waals surface area (Å²) in [6.45, 7) is 3.19. The van der Waals surface area contributed by atoms with Crippen molar-refractivity contribution in [3.8, 4) is 0 Å². The lowest BCUT2D eigenvalue weighted by atomic mass is 10.1. The number of hydrogen-bond acceptors (Lipinski definition) is 3. The molecule has 5 heteroatoms. The van der Waals surface area contributed by atoms with E-state index >= 15 is 0 Å². The number of ether oxygens (including phenoxy) is 1. The predicted molar refractivity (Wildman–Crippen MR) is 83.5 cm³/mol. The summed E-state index contributed by atoms with van der Waals surface area (Å²) in [4.78, 5) is 4.05. The molecule has 106 valence electrons. The Kier molecular flexibility index (Phi) is 5.24. The molecule has 0 atom stereocenters. The lowest BCUT2D eigenvalue weighted by molar-refractivity contribution is 0.184. The zero-order valence-electron chi connectivity index (χ0n) is 11.4. The van der Waals surface area contributed by atoms with Gasteiger partial charge in [0.15, 0.2) is 5.15 Å². The zero-order valence-corrected chi connectivity index (χ0v) is 12.9. The third-order valence-electron chi connectivity index (χ3n) is 3.02. The lowest BCUT2D eigenvalue weighted by Gasteiger charge is -2.13. The van der Waals surface area contributed by atoms with Gasteiger partial charge >= 0.3 is 0 Å². The molecule has 2 aromatic rings. The lowest BCUT2D eigenvalue weighted by Crippen LogP contribution is -2.06. The molecule has 1 aromatic heterocycles. The Bertz CT molecular complexity index is 579. The first-order chi connectivity index (χ1) is 9.61. The number of hydrogen-bond donors (Lipinski definition) is 1. The monoisotopic (exact) mass is 310 g/mol. The highest BCUT2D eigenvalue weighted by molar-refractivity contribution is 6.34. The average molecular weight is 311 g/mol. The van der Waals surface area contributed by atoms with Crippen molar-refractivity contribution >= 4 is 28.9 Å². The Balaban J connectivity index is 2.17. The van der Waals surface area contributed by atoms with E-state index in [-0.39, 0.29) is 0 Å². The van der Waals surface area contributed by atoms with Gasteiger partial charge in [0, 0.05) is 13.7 Å². The molecule has 0 aliphatic heterocycles. The van der Waals surface area contributed by atoms with Crippen LogP contribution in [0.15, 0.2) is 30.3 Å². The number of methoxy groups -OCH3 is 1. The van der Waals surface area contributed by atoms with Crippen LogP contribution < -0.4 is 5.32 Å². The van der Waals surface area contributed by atoms with Gasteiger partial charge < -0.3 is 10.1 Å². The van der Waals surface area contributed by atoms with Gasteiger partial charge in [0.1, 0.15) is 5.15 Å². The van der Waals surface area contributed by atoms with Crippen molar-refractivity contribution in [1.82, 2.24) is 4.98 Å². The maximum atomic E-state index is 6.12. The van der Waals surface area contributed by atoms with E-state index in [4.69, 9.17) is 27.9 Å². The number of anilines is 1. The van der Waals surface area contributed by atoms with Crippen LogP contribution in [0.3, 0.4) is 0 Å². The Morgan fingerprint density at radius 3 is 2.55 bits per heavy atom. The standard InChI is InChI=1S/C15H16Cl2N2O/c1-10-7-13(16)19-15(17)14(10)18-8-11-5-3-4-6-12(11)9-20-2/h3-7,18H,8-9H2,1-2H3. The summed E-state index contributed by atoms with van der Waals surface area (Å²) < 4.78 is 5.20. The van der Waals surface area contributed by atoms with Gasteiger partial charge in [-0.05, 0) is 29.7 Å². The average Bonchev–Trinajstić information content (AvgIpc) is 2.39. The molecule has 0 aliphatic rings. The predicted octanol–water partition coefficient (Wildman–Crippen LogP) is 4.46. The fourth-order valence-corrected chi connectivity index (χ4v) is 2.62. The van der Waals surface area contributed by atoms with Gasteiger partial charge in [-0.25, -0.2) is 4.98 Å². The molecule has 0 fully saturated rings. The number of nitrogens with one attached hydrogen (secondary N) is 1. The molecule has 0 bridgehead atoms. The molecule has 0 aliphatic carbocycles. The first-order valence-electron chi connectivity index (χ1n) is 6.24. The maximum Gasteiger partial charge on any atom is 0.154 e. The van der Waals surface area contributed by atoms with Crippen LogP contribution in [0.4, 0.5) is 5.69 Å². The smallest absolute Gasteiger partial charge is 0.154 e. The molecular formula is C15H16Cl2N2O. The quantitative estimate of drug-likeness (QED) is 0.828. The molecule has 0 spiro atoms. The fraction of sp³-hybridized carbons (Fsp3) is 0.267. The summed E-state index contributed by atoms with van der Waals surface area (Å²) in [5.74, 6) is 0. The SMILES string of the molecule is COCc1ccccc1CNc1c(C)cc(Cl)nc1Cl. The third-order valence-corrected chi connectivity index (χ3v) is 3.48. The number of rotatable bonds is 5. The summed E-state index contributed by atoms with van der Waals surface area (Å²) in [7, 11) is 1.69. The van der Waals surface area contributed by atoms with Crippen molar-refractivity contribution in [1.29, 1.82) is 0 Å². The van der Waals surface area contributed by atoms with Crippen molar-refractivity contribution in [2.45, 2.75) is 20.1 Å². The molecule has 2 rings (SSSR count). The van der Waals surface area contributed by atoms with Crippen LogP contribution in [-0.4, -0.2) is 12.1 Å². The van der Waals surface area contributed by atoms with Crippen LogP contribution in [0, 0.1) is 6.92 Å². The van der Waals surface area contributed by atoms with E-state index < -0.39 is 0 Å². The number of pyridine rings is 1. The second kappa shape index (κ2) is 6.93. The molecule has 0 saturated heterocycles. The second-order valence-corrected chi connectivity index (χ2v) is 5.23. The zero-order chi connectivity index (χ0) is 14.5. The van der Waals surface area contributed by atoms with Gasteiger partial charge in [-0.1, -0.05) is 47.5 Å². The van der Waals surface area contributed by atoms with Gasteiger partial charge in [-0.15, -0.1) is 0 Å². The van der Waals surface area contributed by atoms with Crippen molar-refractivity contribution in [2.24, 2.45) is 0 Å². The molecule has 1 heterocycles. The van der Waals surface area contributed by atoms with Crippen molar-refractivity contribution in [3.63, 3.8) is 0 Å². The summed E-state index contributed by atoms with van der Waals surface area (Å²) >= 11 is 12.0. The molecule has 0 saturated carbocycles. The third kappa shape index (κ3) is 3.63.